The molecule has 0 fully saturated rings. The van der Waals surface area contributed by atoms with Crippen LogP contribution >= 0.6 is 0 Å². The summed E-state index contributed by atoms with van der Waals surface area (Å²) in [6, 6.07) is 7.43. The van der Waals surface area contributed by atoms with E-state index < -0.39 is 11.7 Å². The first-order valence-electron chi connectivity index (χ1n) is 8.35. The molecule has 0 aliphatic carbocycles. The van der Waals surface area contributed by atoms with Crippen LogP contribution in [0.25, 0.3) is 22.0 Å². The fourth-order valence-corrected chi connectivity index (χ4v) is 2.51. The van der Waals surface area contributed by atoms with Crippen molar-refractivity contribution < 1.29 is 19.1 Å². The highest BCUT2D eigenvalue weighted by atomic mass is 16.6. The standard InChI is InChI=1S/C19H21N3O4/c1-5-25-17(23)16-9-13-8-12(6-7-15(13)21-16)14-10-20-22(11-14)18(24)26-19(2,3)4/h6-11,21H,5H2,1-4H3. The summed E-state index contributed by atoms with van der Waals surface area (Å²) >= 11 is 0. The summed E-state index contributed by atoms with van der Waals surface area (Å²) in [6.45, 7) is 7.49. The maximum absolute atomic E-state index is 12.1. The van der Waals surface area contributed by atoms with E-state index in [2.05, 4.69) is 10.1 Å². The second kappa shape index (κ2) is 6.67. The van der Waals surface area contributed by atoms with Crippen LogP contribution in [0.1, 0.15) is 38.2 Å². The number of hydrogen-bond donors (Lipinski definition) is 1. The van der Waals surface area contributed by atoms with Crippen LogP contribution in [0.4, 0.5) is 4.79 Å². The molecule has 136 valence electrons. The number of carbonyl (C=O) groups excluding carboxylic acids is 2. The average molecular weight is 355 g/mol. The van der Waals surface area contributed by atoms with E-state index >= 15 is 0 Å². The monoisotopic (exact) mass is 355 g/mol. The maximum Gasteiger partial charge on any atom is 0.435 e. The Hall–Kier alpha value is -3.09. The number of hydrogen-bond acceptors (Lipinski definition) is 5. The molecule has 0 bridgehead atoms. The number of fused-ring (bicyclic) bond motifs is 1. The van der Waals surface area contributed by atoms with Gasteiger partial charge in [0.25, 0.3) is 0 Å². The van der Waals surface area contributed by atoms with Gasteiger partial charge in [-0.15, -0.1) is 0 Å². The van der Waals surface area contributed by atoms with Crippen molar-refractivity contribution in [1.29, 1.82) is 0 Å². The summed E-state index contributed by atoms with van der Waals surface area (Å²) in [4.78, 5) is 27.0. The third-order valence-electron chi connectivity index (χ3n) is 3.61. The van der Waals surface area contributed by atoms with Gasteiger partial charge in [0, 0.05) is 22.7 Å². The smallest absolute Gasteiger partial charge is 0.435 e. The number of ether oxygens (including phenoxy) is 2. The quantitative estimate of drug-likeness (QED) is 0.718. The van der Waals surface area contributed by atoms with Gasteiger partial charge in [-0.3, -0.25) is 0 Å². The number of benzene rings is 1. The number of esters is 1. The molecule has 7 heteroatoms. The lowest BCUT2D eigenvalue weighted by molar-refractivity contribution is 0.0507. The zero-order valence-corrected chi connectivity index (χ0v) is 15.2. The molecular weight excluding hydrogens is 334 g/mol. The Kier molecular flexibility index (Phi) is 4.54. The number of nitrogens with zero attached hydrogens (tertiary/aromatic N) is 2. The highest BCUT2D eigenvalue weighted by Crippen LogP contribution is 2.25. The van der Waals surface area contributed by atoms with E-state index in [9.17, 15) is 9.59 Å². The minimum atomic E-state index is -0.587. The van der Waals surface area contributed by atoms with Gasteiger partial charge in [0.2, 0.25) is 0 Å². The Morgan fingerprint density at radius 1 is 1.19 bits per heavy atom. The summed E-state index contributed by atoms with van der Waals surface area (Å²) in [6.07, 6.45) is 2.69. The van der Waals surface area contributed by atoms with Crippen LogP contribution in [0.5, 0.6) is 0 Å². The largest absolute Gasteiger partial charge is 0.461 e. The van der Waals surface area contributed by atoms with Crippen LogP contribution in [-0.2, 0) is 9.47 Å². The molecule has 0 spiro atoms. The molecule has 26 heavy (non-hydrogen) atoms. The van der Waals surface area contributed by atoms with Crippen molar-refractivity contribution in [2.75, 3.05) is 6.61 Å². The van der Waals surface area contributed by atoms with Crippen molar-refractivity contribution in [2.45, 2.75) is 33.3 Å². The number of carbonyl (C=O) groups is 2. The minimum Gasteiger partial charge on any atom is -0.461 e. The molecular formula is C19H21N3O4. The molecule has 0 radical (unpaired) electrons. The van der Waals surface area contributed by atoms with Crippen molar-refractivity contribution >= 4 is 23.0 Å². The van der Waals surface area contributed by atoms with Crippen LogP contribution in [0, 0.1) is 0 Å². The van der Waals surface area contributed by atoms with Crippen molar-refractivity contribution in [3.63, 3.8) is 0 Å². The zero-order chi connectivity index (χ0) is 18.9. The first kappa shape index (κ1) is 17.7. The minimum absolute atomic E-state index is 0.323. The van der Waals surface area contributed by atoms with Gasteiger partial charge >= 0.3 is 12.1 Å². The first-order valence-corrected chi connectivity index (χ1v) is 8.35. The Bertz CT molecular complexity index is 963. The lowest BCUT2D eigenvalue weighted by atomic mass is 10.1. The highest BCUT2D eigenvalue weighted by molar-refractivity contribution is 5.96. The van der Waals surface area contributed by atoms with Crippen LogP contribution in [0.2, 0.25) is 0 Å². The third-order valence-corrected chi connectivity index (χ3v) is 3.61. The molecule has 0 atom stereocenters. The Morgan fingerprint density at radius 2 is 1.96 bits per heavy atom. The van der Waals surface area contributed by atoms with E-state index in [-0.39, 0.29) is 5.97 Å². The van der Waals surface area contributed by atoms with Gasteiger partial charge < -0.3 is 14.5 Å². The summed E-state index contributed by atoms with van der Waals surface area (Å²) in [7, 11) is 0. The Balaban J connectivity index is 1.87. The van der Waals surface area contributed by atoms with Gasteiger partial charge in [-0.25, -0.2) is 9.59 Å². The van der Waals surface area contributed by atoms with Gasteiger partial charge in [0.15, 0.2) is 0 Å². The van der Waals surface area contributed by atoms with Crippen LogP contribution in [0.3, 0.4) is 0 Å². The third kappa shape index (κ3) is 3.77. The molecule has 7 nitrogen and oxygen atoms in total. The normalized spacial score (nSPS) is 11.5. The van der Waals surface area contributed by atoms with E-state index in [1.54, 1.807) is 46.2 Å². The number of rotatable bonds is 3. The van der Waals surface area contributed by atoms with Crippen LogP contribution in [-0.4, -0.2) is 39.0 Å². The van der Waals surface area contributed by atoms with Crippen molar-refractivity contribution in [2.24, 2.45) is 0 Å². The number of aromatic amines is 1. The molecule has 0 amide bonds. The number of H-pyrrole nitrogens is 1. The molecule has 0 saturated carbocycles. The number of aromatic nitrogens is 3. The maximum atomic E-state index is 12.1. The molecule has 2 heterocycles. The second-order valence-electron chi connectivity index (χ2n) is 6.86. The van der Waals surface area contributed by atoms with E-state index in [4.69, 9.17) is 9.47 Å². The predicted octanol–water partition coefficient (Wildman–Crippen LogP) is 3.99. The van der Waals surface area contributed by atoms with Gasteiger partial charge in [-0.2, -0.15) is 9.78 Å². The molecule has 3 rings (SSSR count). The van der Waals surface area contributed by atoms with Crippen LogP contribution < -0.4 is 0 Å². The average Bonchev–Trinajstić information content (AvgIpc) is 3.20. The molecule has 3 aromatic rings. The summed E-state index contributed by atoms with van der Waals surface area (Å²) in [5, 5.41) is 4.95. The van der Waals surface area contributed by atoms with Gasteiger partial charge in [0.05, 0.1) is 12.8 Å². The Morgan fingerprint density at radius 3 is 2.65 bits per heavy atom. The summed E-state index contributed by atoms with van der Waals surface area (Å²) < 4.78 is 11.5. The molecule has 1 aromatic carbocycles. The molecule has 1 N–H and O–H groups in total. The van der Waals surface area contributed by atoms with Gasteiger partial charge in [-0.05, 0) is 51.5 Å². The second-order valence-corrected chi connectivity index (χ2v) is 6.86. The summed E-state index contributed by atoms with van der Waals surface area (Å²) in [5.74, 6) is -0.386. The van der Waals surface area contributed by atoms with Crippen molar-refractivity contribution in [1.82, 2.24) is 14.8 Å². The first-order chi connectivity index (χ1) is 12.3. The molecule has 0 aliphatic heterocycles. The lowest BCUT2D eigenvalue weighted by Crippen LogP contribution is -2.27. The van der Waals surface area contributed by atoms with Crippen molar-refractivity contribution in [3.05, 3.63) is 42.4 Å². The molecule has 0 saturated heterocycles. The zero-order valence-electron chi connectivity index (χ0n) is 15.2. The van der Waals surface area contributed by atoms with E-state index in [0.717, 1.165) is 22.0 Å². The summed E-state index contributed by atoms with van der Waals surface area (Å²) in [5.41, 5.74) is 2.30. The molecule has 2 aromatic heterocycles. The Labute approximate surface area is 150 Å². The van der Waals surface area contributed by atoms with Gasteiger partial charge in [-0.1, -0.05) is 6.07 Å². The van der Waals surface area contributed by atoms with Gasteiger partial charge in [0.1, 0.15) is 11.3 Å². The fraction of sp³-hybridized carbons (Fsp3) is 0.316. The topological polar surface area (TPSA) is 86.2 Å². The SMILES string of the molecule is CCOC(=O)c1cc2cc(-c3cnn(C(=O)OC(C)(C)C)c3)ccc2[nH]1. The van der Waals surface area contributed by atoms with E-state index in [0.29, 0.717) is 12.3 Å². The molecule has 0 aliphatic rings. The molecule has 0 unspecified atom stereocenters. The van der Waals surface area contributed by atoms with Crippen molar-refractivity contribution in [3.8, 4) is 11.1 Å². The van der Waals surface area contributed by atoms with E-state index in [1.165, 1.54) is 4.68 Å². The number of nitrogens with one attached hydrogen (secondary N) is 1. The fourth-order valence-electron chi connectivity index (χ4n) is 2.51. The van der Waals surface area contributed by atoms with E-state index in [1.807, 2.05) is 18.2 Å². The predicted molar refractivity (Wildman–Crippen MR) is 97.1 cm³/mol. The lowest BCUT2D eigenvalue weighted by Gasteiger charge is -2.18. The highest BCUT2D eigenvalue weighted by Gasteiger charge is 2.19. The van der Waals surface area contributed by atoms with Crippen LogP contribution in [0.15, 0.2) is 36.7 Å².